The summed E-state index contributed by atoms with van der Waals surface area (Å²) in [4.78, 5) is 12.6. The lowest BCUT2D eigenvalue weighted by Crippen LogP contribution is -2.35. The number of rotatable bonds is 7. The number of esters is 1. The minimum atomic E-state index is -3.60. The van der Waals surface area contributed by atoms with E-state index in [0.29, 0.717) is 24.4 Å². The van der Waals surface area contributed by atoms with Crippen molar-refractivity contribution < 1.29 is 22.7 Å². The van der Waals surface area contributed by atoms with E-state index >= 15 is 0 Å². The zero-order chi connectivity index (χ0) is 20.9. The van der Waals surface area contributed by atoms with Gasteiger partial charge in [0.05, 0.1) is 10.5 Å². The highest BCUT2D eigenvalue weighted by Crippen LogP contribution is 2.23. The van der Waals surface area contributed by atoms with Crippen LogP contribution in [0.15, 0.2) is 47.4 Å². The van der Waals surface area contributed by atoms with Gasteiger partial charge in [0, 0.05) is 13.1 Å². The topological polar surface area (TPSA) is 72.9 Å². The van der Waals surface area contributed by atoms with Crippen LogP contribution >= 0.6 is 0 Å². The standard InChI is InChI=1S/C22H27NO5S/c1-17-6-9-19(10-7-17)27-14-15-28-22(24)21-16-20(11-8-18(21)2)29(25,26)23-12-4-3-5-13-23/h6-11,16H,3-5,12-15H2,1-2H3. The molecule has 1 fully saturated rings. The first-order chi connectivity index (χ1) is 13.9. The van der Waals surface area contributed by atoms with Crippen molar-refractivity contribution in [3.8, 4) is 5.75 Å². The smallest absolute Gasteiger partial charge is 0.338 e. The van der Waals surface area contributed by atoms with Gasteiger partial charge in [0.25, 0.3) is 0 Å². The third-order valence-electron chi connectivity index (χ3n) is 4.99. The van der Waals surface area contributed by atoms with E-state index in [4.69, 9.17) is 9.47 Å². The van der Waals surface area contributed by atoms with Gasteiger partial charge in [-0.2, -0.15) is 4.31 Å². The number of sulfonamides is 1. The van der Waals surface area contributed by atoms with E-state index in [1.165, 1.54) is 10.4 Å². The second-order valence-electron chi connectivity index (χ2n) is 7.24. The highest BCUT2D eigenvalue weighted by molar-refractivity contribution is 7.89. The van der Waals surface area contributed by atoms with Gasteiger partial charge in [0.1, 0.15) is 19.0 Å². The molecule has 0 atom stereocenters. The molecule has 0 aromatic heterocycles. The number of benzene rings is 2. The first-order valence-corrected chi connectivity index (χ1v) is 11.3. The summed E-state index contributed by atoms with van der Waals surface area (Å²) in [6.45, 7) is 5.09. The Hall–Kier alpha value is -2.38. The highest BCUT2D eigenvalue weighted by atomic mass is 32.2. The molecule has 2 aromatic carbocycles. The van der Waals surface area contributed by atoms with Crippen LogP contribution in [0.5, 0.6) is 5.75 Å². The molecule has 29 heavy (non-hydrogen) atoms. The van der Waals surface area contributed by atoms with E-state index in [2.05, 4.69) is 0 Å². The minimum Gasteiger partial charge on any atom is -0.490 e. The van der Waals surface area contributed by atoms with Crippen molar-refractivity contribution in [2.45, 2.75) is 38.0 Å². The molecule has 0 radical (unpaired) electrons. The first-order valence-electron chi connectivity index (χ1n) is 9.85. The van der Waals surface area contributed by atoms with Crippen LogP contribution < -0.4 is 4.74 Å². The molecule has 0 saturated carbocycles. The molecule has 156 valence electrons. The van der Waals surface area contributed by atoms with Gasteiger partial charge in [-0.25, -0.2) is 13.2 Å². The Kier molecular flexibility index (Phi) is 6.92. The van der Waals surface area contributed by atoms with Crippen molar-refractivity contribution in [1.82, 2.24) is 4.31 Å². The molecule has 0 N–H and O–H groups in total. The third kappa shape index (κ3) is 5.36. The monoisotopic (exact) mass is 417 g/mol. The van der Waals surface area contributed by atoms with Crippen LogP contribution in [-0.2, 0) is 14.8 Å². The molecule has 7 heteroatoms. The molecule has 1 saturated heterocycles. The fraction of sp³-hybridized carbons (Fsp3) is 0.409. The Morgan fingerprint density at radius 3 is 2.34 bits per heavy atom. The van der Waals surface area contributed by atoms with Gasteiger partial charge in [-0.1, -0.05) is 30.2 Å². The average Bonchev–Trinajstić information content (AvgIpc) is 2.73. The van der Waals surface area contributed by atoms with E-state index in [0.717, 1.165) is 24.8 Å². The molecule has 2 aromatic rings. The second kappa shape index (κ2) is 9.41. The molecule has 3 rings (SSSR count). The fourth-order valence-electron chi connectivity index (χ4n) is 3.24. The molecule has 0 amide bonds. The van der Waals surface area contributed by atoms with Gasteiger partial charge in [0.15, 0.2) is 0 Å². The minimum absolute atomic E-state index is 0.0786. The lowest BCUT2D eigenvalue weighted by atomic mass is 10.1. The number of carbonyl (C=O) groups excluding carboxylic acids is 1. The summed E-state index contributed by atoms with van der Waals surface area (Å²) in [6, 6.07) is 12.2. The van der Waals surface area contributed by atoms with Gasteiger partial charge in [0.2, 0.25) is 10.0 Å². The van der Waals surface area contributed by atoms with Crippen LogP contribution in [0.4, 0.5) is 0 Å². The molecule has 1 heterocycles. The summed E-state index contributed by atoms with van der Waals surface area (Å²) in [6.07, 6.45) is 2.77. The van der Waals surface area contributed by atoms with Crippen LogP contribution in [0.3, 0.4) is 0 Å². The van der Waals surface area contributed by atoms with Crippen LogP contribution in [-0.4, -0.2) is 45.0 Å². The highest BCUT2D eigenvalue weighted by Gasteiger charge is 2.27. The first kappa shape index (κ1) is 21.3. The quantitative estimate of drug-likeness (QED) is 0.507. The molecule has 0 spiro atoms. The average molecular weight is 418 g/mol. The molecule has 6 nitrogen and oxygen atoms in total. The van der Waals surface area contributed by atoms with Crippen LogP contribution in [0, 0.1) is 13.8 Å². The predicted octanol–water partition coefficient (Wildman–Crippen LogP) is 3.71. The van der Waals surface area contributed by atoms with Crippen molar-refractivity contribution in [2.75, 3.05) is 26.3 Å². The summed E-state index contributed by atoms with van der Waals surface area (Å²) in [5.74, 6) is 0.156. The van der Waals surface area contributed by atoms with Crippen LogP contribution in [0.2, 0.25) is 0 Å². The van der Waals surface area contributed by atoms with E-state index in [1.54, 1.807) is 19.1 Å². The largest absolute Gasteiger partial charge is 0.490 e. The zero-order valence-corrected chi connectivity index (χ0v) is 17.7. The number of aryl methyl sites for hydroxylation is 2. The molecule has 1 aliphatic heterocycles. The Bertz CT molecular complexity index is 948. The van der Waals surface area contributed by atoms with Crippen LogP contribution in [0.25, 0.3) is 0 Å². The number of nitrogens with zero attached hydrogens (tertiary/aromatic N) is 1. The number of piperidine rings is 1. The molecule has 0 aliphatic carbocycles. The number of carbonyl (C=O) groups is 1. The summed E-state index contributed by atoms with van der Waals surface area (Å²) in [7, 11) is -3.60. The van der Waals surface area contributed by atoms with Gasteiger partial charge >= 0.3 is 5.97 Å². The molecule has 0 bridgehead atoms. The maximum Gasteiger partial charge on any atom is 0.338 e. The van der Waals surface area contributed by atoms with E-state index in [-0.39, 0.29) is 23.7 Å². The van der Waals surface area contributed by atoms with Gasteiger partial charge in [-0.05, 0) is 56.5 Å². The Balaban J connectivity index is 1.62. The number of hydrogen-bond donors (Lipinski definition) is 0. The van der Waals surface area contributed by atoms with Crippen molar-refractivity contribution in [2.24, 2.45) is 0 Å². The molecular weight excluding hydrogens is 390 g/mol. The Morgan fingerprint density at radius 2 is 1.66 bits per heavy atom. The fourth-order valence-corrected chi connectivity index (χ4v) is 4.79. The lowest BCUT2D eigenvalue weighted by molar-refractivity contribution is 0.0449. The lowest BCUT2D eigenvalue weighted by Gasteiger charge is -2.26. The molecule has 1 aliphatic rings. The van der Waals surface area contributed by atoms with E-state index in [9.17, 15) is 13.2 Å². The number of ether oxygens (including phenoxy) is 2. The molecular formula is C22H27NO5S. The van der Waals surface area contributed by atoms with Gasteiger partial charge in [-0.3, -0.25) is 0 Å². The Labute approximate surface area is 172 Å². The molecule has 0 unspecified atom stereocenters. The zero-order valence-electron chi connectivity index (χ0n) is 16.9. The summed E-state index contributed by atoms with van der Waals surface area (Å²) in [5.41, 5.74) is 2.07. The third-order valence-corrected chi connectivity index (χ3v) is 6.88. The van der Waals surface area contributed by atoms with Crippen LogP contribution in [0.1, 0.15) is 40.7 Å². The summed E-state index contributed by atoms with van der Waals surface area (Å²) in [5, 5.41) is 0. The van der Waals surface area contributed by atoms with Crippen molar-refractivity contribution in [1.29, 1.82) is 0 Å². The van der Waals surface area contributed by atoms with Crippen molar-refractivity contribution in [3.05, 3.63) is 59.2 Å². The maximum atomic E-state index is 12.9. The van der Waals surface area contributed by atoms with E-state index < -0.39 is 16.0 Å². The van der Waals surface area contributed by atoms with Crippen molar-refractivity contribution >= 4 is 16.0 Å². The second-order valence-corrected chi connectivity index (χ2v) is 9.18. The number of hydrogen-bond acceptors (Lipinski definition) is 5. The Morgan fingerprint density at radius 1 is 0.966 bits per heavy atom. The predicted molar refractivity (Wildman–Crippen MR) is 111 cm³/mol. The summed E-state index contributed by atoms with van der Waals surface area (Å²) < 4.78 is 38.1. The SMILES string of the molecule is Cc1ccc(OCCOC(=O)c2cc(S(=O)(=O)N3CCCCC3)ccc2C)cc1. The van der Waals surface area contributed by atoms with Crippen molar-refractivity contribution in [3.63, 3.8) is 0 Å². The maximum absolute atomic E-state index is 12.9. The normalized spacial score (nSPS) is 15.1. The van der Waals surface area contributed by atoms with Gasteiger partial charge in [-0.15, -0.1) is 0 Å². The summed E-state index contributed by atoms with van der Waals surface area (Å²) >= 11 is 0. The van der Waals surface area contributed by atoms with E-state index in [1.807, 2.05) is 31.2 Å². The van der Waals surface area contributed by atoms with Gasteiger partial charge < -0.3 is 9.47 Å².